The molecular formula is C20H30F3N3O3. The van der Waals surface area contributed by atoms with Gasteiger partial charge in [-0.3, -0.25) is 0 Å². The number of rotatable bonds is 8. The van der Waals surface area contributed by atoms with Crippen molar-refractivity contribution < 1.29 is 27.4 Å². The van der Waals surface area contributed by atoms with Gasteiger partial charge in [0.2, 0.25) is 0 Å². The zero-order chi connectivity index (χ0) is 21.3. The standard InChI is InChI=1S/C20H30F3N3O3/c1-4-24-18(26-13-19(27-3)7-9-28-10-8-19)25-12-16-6-5-15(2)11-17(16)29-14-20(21,22)23/h5-6,11H,4,7-10,12-14H2,1-3H3,(H2,24,25,26). The van der Waals surface area contributed by atoms with Gasteiger partial charge in [0.05, 0.1) is 12.1 Å². The number of aryl methyl sites for hydroxylation is 1. The SMILES string of the molecule is CCNC(=NCc1ccc(C)cc1OCC(F)(F)F)NCC1(OC)CCOCC1. The fourth-order valence-electron chi connectivity index (χ4n) is 3.03. The van der Waals surface area contributed by atoms with Crippen LogP contribution in [0.1, 0.15) is 30.9 Å². The first-order valence-corrected chi connectivity index (χ1v) is 9.71. The van der Waals surface area contributed by atoms with Crippen molar-refractivity contribution in [1.82, 2.24) is 10.6 Å². The van der Waals surface area contributed by atoms with Crippen LogP contribution in [-0.4, -0.2) is 57.8 Å². The molecule has 0 amide bonds. The summed E-state index contributed by atoms with van der Waals surface area (Å²) in [6, 6.07) is 5.16. The van der Waals surface area contributed by atoms with E-state index in [1.165, 1.54) is 0 Å². The van der Waals surface area contributed by atoms with Gasteiger partial charge in [-0.2, -0.15) is 13.2 Å². The van der Waals surface area contributed by atoms with Crippen molar-refractivity contribution in [2.24, 2.45) is 4.99 Å². The van der Waals surface area contributed by atoms with Crippen LogP contribution >= 0.6 is 0 Å². The third-order valence-corrected chi connectivity index (χ3v) is 4.78. The smallest absolute Gasteiger partial charge is 0.422 e. The van der Waals surface area contributed by atoms with Gasteiger partial charge in [0, 0.05) is 51.8 Å². The van der Waals surface area contributed by atoms with Gasteiger partial charge in [0.25, 0.3) is 0 Å². The number of aliphatic imine (C=N–C) groups is 1. The average Bonchev–Trinajstić information content (AvgIpc) is 2.69. The van der Waals surface area contributed by atoms with Crippen LogP contribution in [0.3, 0.4) is 0 Å². The summed E-state index contributed by atoms with van der Waals surface area (Å²) in [5.41, 5.74) is 1.09. The number of methoxy groups -OCH3 is 1. The monoisotopic (exact) mass is 417 g/mol. The minimum atomic E-state index is -4.39. The van der Waals surface area contributed by atoms with E-state index in [1.807, 2.05) is 13.0 Å². The molecule has 1 aliphatic rings. The molecule has 6 nitrogen and oxygen atoms in total. The van der Waals surface area contributed by atoms with E-state index in [4.69, 9.17) is 14.2 Å². The van der Waals surface area contributed by atoms with E-state index in [-0.39, 0.29) is 17.9 Å². The van der Waals surface area contributed by atoms with Crippen LogP contribution in [0.25, 0.3) is 0 Å². The minimum Gasteiger partial charge on any atom is -0.484 e. The van der Waals surface area contributed by atoms with Crippen molar-refractivity contribution in [1.29, 1.82) is 0 Å². The van der Waals surface area contributed by atoms with Gasteiger partial charge in [0.1, 0.15) is 5.75 Å². The largest absolute Gasteiger partial charge is 0.484 e. The molecule has 0 atom stereocenters. The molecule has 0 spiro atoms. The van der Waals surface area contributed by atoms with E-state index in [1.54, 1.807) is 26.2 Å². The first-order chi connectivity index (χ1) is 13.8. The Morgan fingerprint density at radius 2 is 1.97 bits per heavy atom. The molecule has 2 N–H and O–H groups in total. The highest BCUT2D eigenvalue weighted by Gasteiger charge is 2.32. The topological polar surface area (TPSA) is 64.1 Å². The number of guanidine groups is 1. The maximum absolute atomic E-state index is 12.5. The second-order valence-electron chi connectivity index (χ2n) is 7.06. The molecule has 2 rings (SSSR count). The maximum Gasteiger partial charge on any atom is 0.422 e. The van der Waals surface area contributed by atoms with Crippen LogP contribution in [0, 0.1) is 6.92 Å². The number of hydrogen-bond acceptors (Lipinski definition) is 4. The summed E-state index contributed by atoms with van der Waals surface area (Å²) in [5, 5.41) is 6.43. The highest BCUT2D eigenvalue weighted by Crippen LogP contribution is 2.25. The summed E-state index contributed by atoms with van der Waals surface area (Å²) in [6.07, 6.45) is -2.83. The summed E-state index contributed by atoms with van der Waals surface area (Å²) in [4.78, 5) is 4.51. The van der Waals surface area contributed by atoms with E-state index in [2.05, 4.69) is 15.6 Å². The lowest BCUT2D eigenvalue weighted by atomic mass is 9.94. The molecule has 0 radical (unpaired) electrons. The van der Waals surface area contributed by atoms with Crippen LogP contribution < -0.4 is 15.4 Å². The second kappa shape index (κ2) is 10.7. The summed E-state index contributed by atoms with van der Waals surface area (Å²) in [7, 11) is 1.69. The normalized spacial score (nSPS) is 17.1. The average molecular weight is 417 g/mol. The van der Waals surface area contributed by atoms with Crippen LogP contribution in [0.15, 0.2) is 23.2 Å². The number of benzene rings is 1. The molecule has 1 aromatic carbocycles. The molecule has 1 heterocycles. The van der Waals surface area contributed by atoms with Crippen molar-refractivity contribution in [3.05, 3.63) is 29.3 Å². The predicted molar refractivity (Wildman–Crippen MR) is 105 cm³/mol. The van der Waals surface area contributed by atoms with E-state index < -0.39 is 12.8 Å². The number of hydrogen-bond donors (Lipinski definition) is 2. The van der Waals surface area contributed by atoms with Crippen LogP contribution in [0.2, 0.25) is 0 Å². The van der Waals surface area contributed by atoms with Gasteiger partial charge in [-0.15, -0.1) is 0 Å². The van der Waals surface area contributed by atoms with E-state index in [0.717, 1.165) is 18.4 Å². The van der Waals surface area contributed by atoms with Gasteiger partial charge in [-0.1, -0.05) is 12.1 Å². The van der Waals surface area contributed by atoms with Crippen molar-refractivity contribution >= 4 is 5.96 Å². The van der Waals surface area contributed by atoms with Gasteiger partial charge < -0.3 is 24.8 Å². The first kappa shape index (κ1) is 23.3. The molecule has 1 fully saturated rings. The number of nitrogens with one attached hydrogen (secondary N) is 2. The van der Waals surface area contributed by atoms with Gasteiger partial charge in [0.15, 0.2) is 12.6 Å². The highest BCUT2D eigenvalue weighted by molar-refractivity contribution is 5.79. The fraction of sp³-hybridized carbons (Fsp3) is 0.650. The number of ether oxygens (including phenoxy) is 3. The highest BCUT2D eigenvalue weighted by atomic mass is 19.4. The molecule has 1 aromatic rings. The maximum atomic E-state index is 12.5. The Balaban J connectivity index is 2.07. The Hall–Kier alpha value is -2.00. The molecule has 0 aromatic heterocycles. The quantitative estimate of drug-likeness (QED) is 0.503. The molecular weight excluding hydrogens is 387 g/mol. The molecule has 29 heavy (non-hydrogen) atoms. The van der Waals surface area contributed by atoms with Crippen LogP contribution in [-0.2, 0) is 16.0 Å². The summed E-state index contributed by atoms with van der Waals surface area (Å²) >= 11 is 0. The molecule has 1 aliphatic heterocycles. The molecule has 0 unspecified atom stereocenters. The van der Waals surface area contributed by atoms with E-state index in [0.29, 0.717) is 37.8 Å². The molecule has 0 saturated carbocycles. The van der Waals surface area contributed by atoms with Crippen molar-refractivity contribution in [2.75, 3.05) is 40.0 Å². The first-order valence-electron chi connectivity index (χ1n) is 9.71. The van der Waals surface area contributed by atoms with Crippen LogP contribution in [0.5, 0.6) is 5.75 Å². The molecule has 9 heteroatoms. The van der Waals surface area contributed by atoms with Gasteiger partial charge in [-0.05, 0) is 25.5 Å². The molecule has 0 aliphatic carbocycles. The fourth-order valence-corrected chi connectivity index (χ4v) is 3.03. The predicted octanol–water partition coefficient (Wildman–Crippen LogP) is 3.19. The summed E-state index contributed by atoms with van der Waals surface area (Å²) < 4.78 is 53.7. The Kier molecular flexibility index (Phi) is 8.58. The summed E-state index contributed by atoms with van der Waals surface area (Å²) in [6.45, 7) is 5.11. The Bertz CT molecular complexity index is 675. The van der Waals surface area contributed by atoms with Crippen molar-refractivity contribution in [3.63, 3.8) is 0 Å². The summed E-state index contributed by atoms with van der Waals surface area (Å²) in [5.74, 6) is 0.762. The molecule has 1 saturated heterocycles. The molecule has 164 valence electrons. The third-order valence-electron chi connectivity index (χ3n) is 4.78. The third kappa shape index (κ3) is 7.74. The second-order valence-corrected chi connectivity index (χ2v) is 7.06. The van der Waals surface area contributed by atoms with E-state index in [9.17, 15) is 13.2 Å². The van der Waals surface area contributed by atoms with Gasteiger partial charge >= 0.3 is 6.18 Å². The van der Waals surface area contributed by atoms with Crippen LogP contribution in [0.4, 0.5) is 13.2 Å². The number of halogens is 3. The Labute approximate surface area is 169 Å². The minimum absolute atomic E-state index is 0.186. The Morgan fingerprint density at radius 1 is 1.24 bits per heavy atom. The zero-order valence-corrected chi connectivity index (χ0v) is 17.2. The lowest BCUT2D eigenvalue weighted by Crippen LogP contribution is -2.50. The number of alkyl halides is 3. The van der Waals surface area contributed by atoms with Gasteiger partial charge in [-0.25, -0.2) is 4.99 Å². The Morgan fingerprint density at radius 3 is 2.59 bits per heavy atom. The van der Waals surface area contributed by atoms with Crippen molar-refractivity contribution in [3.8, 4) is 5.75 Å². The van der Waals surface area contributed by atoms with Crippen molar-refractivity contribution in [2.45, 2.75) is 45.0 Å². The lowest BCUT2D eigenvalue weighted by Gasteiger charge is -2.36. The molecule has 0 bridgehead atoms. The number of nitrogens with zero attached hydrogens (tertiary/aromatic N) is 1. The zero-order valence-electron chi connectivity index (χ0n) is 17.2. The lowest BCUT2D eigenvalue weighted by molar-refractivity contribution is -0.153. The van der Waals surface area contributed by atoms with E-state index >= 15 is 0 Å².